The third kappa shape index (κ3) is 7.95. The summed E-state index contributed by atoms with van der Waals surface area (Å²) in [5.74, 6) is 0.493. The number of nitro benzene ring substituents is 1. The Morgan fingerprint density at radius 3 is 2.54 bits per heavy atom. The Hall–Kier alpha value is -3.70. The summed E-state index contributed by atoms with van der Waals surface area (Å²) in [6, 6.07) is 19.1. The van der Waals surface area contributed by atoms with Gasteiger partial charge in [0.15, 0.2) is 5.15 Å². The Labute approximate surface area is 247 Å². The monoisotopic (exact) mass is 600 g/mol. The van der Waals surface area contributed by atoms with Crippen molar-refractivity contribution in [2.24, 2.45) is 0 Å². The molecule has 0 saturated heterocycles. The average molecular weight is 601 g/mol. The minimum absolute atomic E-state index is 0.00626. The smallest absolute Gasteiger partial charge is 0.435 e. The number of carbonyl (C=O) groups is 1. The fraction of sp³-hybridized carbons (Fsp3) is 0.310. The standard InChI is InChI=1S/C29H30Cl2N4O6/c1-29(2,3)41-28(37)34-24-16-21(10-11-22(24)27(31)32-34)40-14-13-33(17-19-7-5-4-6-8-19)18-26(36)20-9-12-23(30)25(15-20)35(38)39/h4-12,15-16,26,36H,13-14,17-18H2,1-3H3/t26-/m0/s1. The van der Waals surface area contributed by atoms with Crippen molar-refractivity contribution in [1.29, 1.82) is 0 Å². The van der Waals surface area contributed by atoms with Crippen molar-refractivity contribution < 1.29 is 24.3 Å². The van der Waals surface area contributed by atoms with Crippen LogP contribution in [0.4, 0.5) is 10.5 Å². The molecule has 0 amide bonds. The first-order chi connectivity index (χ1) is 19.4. The highest BCUT2D eigenvalue weighted by molar-refractivity contribution is 6.34. The summed E-state index contributed by atoms with van der Waals surface area (Å²) in [6.45, 7) is 6.66. The Morgan fingerprint density at radius 2 is 1.85 bits per heavy atom. The molecule has 4 aromatic rings. The summed E-state index contributed by atoms with van der Waals surface area (Å²) in [6.07, 6.45) is -1.66. The first-order valence-corrected chi connectivity index (χ1v) is 13.6. The Bertz CT molecular complexity index is 1540. The van der Waals surface area contributed by atoms with Gasteiger partial charge in [-0.2, -0.15) is 4.68 Å². The number of aromatic nitrogens is 2. The van der Waals surface area contributed by atoms with Crippen LogP contribution in [-0.4, -0.2) is 56.1 Å². The molecule has 10 nitrogen and oxygen atoms in total. The van der Waals surface area contributed by atoms with E-state index in [0.717, 1.165) is 10.2 Å². The van der Waals surface area contributed by atoms with Gasteiger partial charge in [0, 0.05) is 37.2 Å². The number of carbonyl (C=O) groups excluding carboxylic acids is 1. The van der Waals surface area contributed by atoms with E-state index < -0.39 is 22.7 Å². The Kier molecular flexibility index (Phi) is 9.49. The fourth-order valence-corrected chi connectivity index (χ4v) is 4.61. The second kappa shape index (κ2) is 12.9. The van der Waals surface area contributed by atoms with Crippen LogP contribution in [0.2, 0.25) is 10.2 Å². The normalized spacial score (nSPS) is 12.5. The molecule has 0 saturated carbocycles. The van der Waals surface area contributed by atoms with Crippen molar-refractivity contribution >= 4 is 45.9 Å². The summed E-state index contributed by atoms with van der Waals surface area (Å²) in [4.78, 5) is 25.4. The van der Waals surface area contributed by atoms with E-state index >= 15 is 0 Å². The summed E-state index contributed by atoms with van der Waals surface area (Å²) < 4.78 is 12.6. The number of nitro groups is 1. The molecule has 0 unspecified atom stereocenters. The number of fused-ring (bicyclic) bond motifs is 1. The van der Waals surface area contributed by atoms with Crippen LogP contribution >= 0.6 is 23.2 Å². The minimum Gasteiger partial charge on any atom is -0.492 e. The summed E-state index contributed by atoms with van der Waals surface area (Å²) in [5, 5.41) is 27.1. The first kappa shape index (κ1) is 30.3. The lowest BCUT2D eigenvalue weighted by Crippen LogP contribution is -2.32. The third-order valence-corrected chi connectivity index (χ3v) is 6.68. The molecule has 1 atom stereocenters. The highest BCUT2D eigenvalue weighted by Crippen LogP contribution is 2.29. The van der Waals surface area contributed by atoms with Crippen molar-refractivity contribution in [3.63, 3.8) is 0 Å². The zero-order valence-electron chi connectivity index (χ0n) is 22.8. The van der Waals surface area contributed by atoms with E-state index in [1.165, 1.54) is 12.1 Å². The molecule has 3 aromatic carbocycles. The molecular weight excluding hydrogens is 571 g/mol. The van der Waals surface area contributed by atoms with Crippen molar-refractivity contribution in [2.45, 2.75) is 39.0 Å². The van der Waals surface area contributed by atoms with Gasteiger partial charge in [0.1, 0.15) is 23.0 Å². The minimum atomic E-state index is -1.00. The maximum atomic E-state index is 12.7. The van der Waals surface area contributed by atoms with Crippen molar-refractivity contribution in [2.75, 3.05) is 19.7 Å². The van der Waals surface area contributed by atoms with E-state index in [1.54, 1.807) is 45.0 Å². The van der Waals surface area contributed by atoms with Gasteiger partial charge in [-0.15, -0.1) is 5.10 Å². The number of rotatable bonds is 10. The number of halogens is 2. The van der Waals surface area contributed by atoms with Gasteiger partial charge in [-0.05, 0) is 50.1 Å². The number of hydrogen-bond acceptors (Lipinski definition) is 8. The molecule has 1 N–H and O–H groups in total. The lowest BCUT2D eigenvalue weighted by Gasteiger charge is -2.25. The molecule has 0 fully saturated rings. The van der Waals surface area contributed by atoms with E-state index in [2.05, 4.69) is 5.10 Å². The van der Waals surface area contributed by atoms with Crippen LogP contribution < -0.4 is 4.74 Å². The van der Waals surface area contributed by atoms with Crippen LogP contribution in [0.5, 0.6) is 5.75 Å². The molecule has 216 valence electrons. The SMILES string of the molecule is CC(C)(C)OC(=O)n1nc(Cl)c2ccc(OCCN(Cc3ccccc3)C[C@H](O)c3ccc(Cl)c([N+](=O)[O-])c3)cc21. The maximum Gasteiger partial charge on any atom is 0.435 e. The van der Waals surface area contributed by atoms with Crippen LogP contribution in [0.15, 0.2) is 66.7 Å². The van der Waals surface area contributed by atoms with E-state index in [-0.39, 0.29) is 29.0 Å². The predicted octanol–water partition coefficient (Wildman–Crippen LogP) is 6.65. The fourth-order valence-electron chi connectivity index (χ4n) is 4.19. The summed E-state index contributed by atoms with van der Waals surface area (Å²) >= 11 is 12.2. The molecule has 1 heterocycles. The van der Waals surface area contributed by atoms with E-state index in [4.69, 9.17) is 32.7 Å². The van der Waals surface area contributed by atoms with Gasteiger partial charge in [-0.3, -0.25) is 15.0 Å². The lowest BCUT2D eigenvalue weighted by atomic mass is 10.1. The van der Waals surface area contributed by atoms with Gasteiger partial charge >= 0.3 is 6.09 Å². The zero-order chi connectivity index (χ0) is 29.7. The average Bonchev–Trinajstić information content (AvgIpc) is 3.24. The second-order valence-corrected chi connectivity index (χ2v) is 11.2. The van der Waals surface area contributed by atoms with Crippen LogP contribution in [0.3, 0.4) is 0 Å². The van der Waals surface area contributed by atoms with E-state index in [9.17, 15) is 20.0 Å². The number of aliphatic hydroxyl groups excluding tert-OH is 1. The molecule has 0 aliphatic rings. The number of benzene rings is 3. The number of nitrogens with zero attached hydrogens (tertiary/aromatic N) is 4. The molecule has 0 bridgehead atoms. The van der Waals surface area contributed by atoms with Crippen molar-refractivity contribution in [1.82, 2.24) is 14.7 Å². The lowest BCUT2D eigenvalue weighted by molar-refractivity contribution is -0.384. The van der Waals surface area contributed by atoms with Gasteiger partial charge in [0.05, 0.1) is 16.5 Å². The number of aliphatic hydroxyl groups is 1. The maximum absolute atomic E-state index is 12.7. The Balaban J connectivity index is 1.49. The van der Waals surface area contributed by atoms with Gasteiger partial charge in [0.2, 0.25) is 0 Å². The molecule has 0 radical (unpaired) electrons. The molecule has 12 heteroatoms. The largest absolute Gasteiger partial charge is 0.492 e. The van der Waals surface area contributed by atoms with Gasteiger partial charge in [-0.25, -0.2) is 4.79 Å². The molecule has 0 aliphatic heterocycles. The Morgan fingerprint density at radius 1 is 1.12 bits per heavy atom. The summed E-state index contributed by atoms with van der Waals surface area (Å²) in [5.41, 5.74) is 0.890. The highest BCUT2D eigenvalue weighted by atomic mass is 35.5. The molecule has 4 rings (SSSR count). The number of hydrogen-bond donors (Lipinski definition) is 1. The highest BCUT2D eigenvalue weighted by Gasteiger charge is 2.23. The summed E-state index contributed by atoms with van der Waals surface area (Å²) in [7, 11) is 0. The predicted molar refractivity (Wildman–Crippen MR) is 157 cm³/mol. The molecule has 0 aliphatic carbocycles. The second-order valence-electron chi connectivity index (χ2n) is 10.4. The van der Waals surface area contributed by atoms with Gasteiger partial charge in [0.25, 0.3) is 5.69 Å². The molecule has 0 spiro atoms. The van der Waals surface area contributed by atoms with Crippen LogP contribution in [0, 0.1) is 10.1 Å². The van der Waals surface area contributed by atoms with E-state index in [0.29, 0.717) is 35.3 Å². The van der Waals surface area contributed by atoms with E-state index in [1.807, 2.05) is 35.2 Å². The number of ether oxygens (including phenoxy) is 2. The zero-order valence-corrected chi connectivity index (χ0v) is 24.3. The van der Waals surface area contributed by atoms with Crippen LogP contribution in [0.1, 0.15) is 38.0 Å². The molecule has 41 heavy (non-hydrogen) atoms. The topological polar surface area (TPSA) is 120 Å². The molecular formula is C29H30Cl2N4O6. The van der Waals surface area contributed by atoms with Crippen molar-refractivity contribution in [3.05, 3.63) is 98.1 Å². The van der Waals surface area contributed by atoms with Crippen LogP contribution in [-0.2, 0) is 11.3 Å². The molecule has 1 aromatic heterocycles. The van der Waals surface area contributed by atoms with Gasteiger partial charge < -0.3 is 14.6 Å². The van der Waals surface area contributed by atoms with Crippen LogP contribution in [0.25, 0.3) is 10.9 Å². The first-order valence-electron chi connectivity index (χ1n) is 12.8. The third-order valence-electron chi connectivity index (χ3n) is 6.08. The van der Waals surface area contributed by atoms with Crippen molar-refractivity contribution in [3.8, 4) is 5.75 Å². The quantitative estimate of drug-likeness (QED) is 0.159. The van der Waals surface area contributed by atoms with Gasteiger partial charge in [-0.1, -0.05) is 59.6 Å².